The summed E-state index contributed by atoms with van der Waals surface area (Å²) in [5.41, 5.74) is 1.68. The lowest BCUT2D eigenvalue weighted by Gasteiger charge is -2.18. The van der Waals surface area contributed by atoms with Gasteiger partial charge in [-0.05, 0) is 37.0 Å². The second kappa shape index (κ2) is 10.8. The van der Waals surface area contributed by atoms with Crippen molar-refractivity contribution < 1.29 is 9.50 Å². The highest BCUT2D eigenvalue weighted by Crippen LogP contribution is 2.49. The van der Waals surface area contributed by atoms with Gasteiger partial charge in [-0.15, -0.1) is 24.0 Å². The molecule has 152 valence electrons. The predicted octanol–water partition coefficient (Wildman–Crippen LogP) is 3.63. The quantitative estimate of drug-likeness (QED) is 0.297. The van der Waals surface area contributed by atoms with Gasteiger partial charge in [0.2, 0.25) is 0 Å². The molecule has 1 unspecified atom stereocenters. The summed E-state index contributed by atoms with van der Waals surface area (Å²) in [4.78, 5) is 4.66. The Bertz CT molecular complexity index is 765. The zero-order chi connectivity index (χ0) is 19.1. The molecule has 1 atom stereocenters. The van der Waals surface area contributed by atoms with Crippen LogP contribution in [0.5, 0.6) is 0 Å². The second-order valence-electron chi connectivity index (χ2n) is 7.18. The first kappa shape index (κ1) is 22.6. The standard InChI is InChI=1S/C22H28FN3O.HI/c1-2-24-21(25-15-18(27)14-17-8-4-3-5-9-17)26-16-22(12-13-22)19-10-6-7-11-20(19)23;/h3-11,18,27H,2,12-16H2,1H3,(H2,24,25,26);1H. The molecule has 3 N–H and O–H groups in total. The Labute approximate surface area is 183 Å². The number of aliphatic hydroxyl groups is 1. The van der Waals surface area contributed by atoms with Crippen LogP contribution in [0.15, 0.2) is 59.6 Å². The van der Waals surface area contributed by atoms with Crippen LogP contribution in [0.3, 0.4) is 0 Å². The SMILES string of the molecule is CCNC(=NCC1(c2ccccc2F)CC1)NCC(O)Cc1ccccc1.I. The molecule has 0 aliphatic heterocycles. The first-order valence-electron chi connectivity index (χ1n) is 9.62. The first-order chi connectivity index (χ1) is 13.1. The van der Waals surface area contributed by atoms with Gasteiger partial charge in [0.1, 0.15) is 5.82 Å². The van der Waals surface area contributed by atoms with Crippen LogP contribution in [0, 0.1) is 5.82 Å². The van der Waals surface area contributed by atoms with E-state index in [-0.39, 0.29) is 35.2 Å². The number of hydrogen-bond acceptors (Lipinski definition) is 2. The maximum absolute atomic E-state index is 14.1. The van der Waals surface area contributed by atoms with Crippen molar-refractivity contribution in [3.05, 3.63) is 71.5 Å². The number of guanidine groups is 1. The van der Waals surface area contributed by atoms with Gasteiger partial charge in [-0.2, -0.15) is 0 Å². The van der Waals surface area contributed by atoms with Crippen LogP contribution in [0.1, 0.15) is 30.9 Å². The molecule has 1 fully saturated rings. The number of benzene rings is 2. The summed E-state index contributed by atoms with van der Waals surface area (Å²) in [7, 11) is 0. The number of aliphatic imine (C=N–C) groups is 1. The van der Waals surface area contributed by atoms with Gasteiger partial charge in [-0.1, -0.05) is 48.5 Å². The number of aliphatic hydroxyl groups excluding tert-OH is 1. The molecule has 0 saturated heterocycles. The third-order valence-electron chi connectivity index (χ3n) is 5.00. The van der Waals surface area contributed by atoms with E-state index in [0.29, 0.717) is 25.5 Å². The summed E-state index contributed by atoms with van der Waals surface area (Å²) in [6.45, 7) is 3.68. The molecule has 28 heavy (non-hydrogen) atoms. The lowest BCUT2D eigenvalue weighted by Crippen LogP contribution is -2.42. The molecule has 1 saturated carbocycles. The molecule has 0 amide bonds. The fraction of sp³-hybridized carbons (Fsp3) is 0.409. The molecule has 6 heteroatoms. The Morgan fingerprint density at radius 3 is 2.43 bits per heavy atom. The van der Waals surface area contributed by atoms with Crippen LogP contribution in [0.25, 0.3) is 0 Å². The van der Waals surface area contributed by atoms with Gasteiger partial charge in [0.15, 0.2) is 5.96 Å². The molecule has 2 aromatic rings. The van der Waals surface area contributed by atoms with Crippen molar-refractivity contribution in [1.82, 2.24) is 10.6 Å². The Morgan fingerprint density at radius 2 is 1.79 bits per heavy atom. The molecular weight excluding hydrogens is 468 g/mol. The summed E-state index contributed by atoms with van der Waals surface area (Å²) in [5.74, 6) is 0.508. The minimum absolute atomic E-state index is 0. The molecule has 0 heterocycles. The van der Waals surface area contributed by atoms with E-state index in [1.165, 1.54) is 6.07 Å². The summed E-state index contributed by atoms with van der Waals surface area (Å²) in [6, 6.07) is 16.9. The highest BCUT2D eigenvalue weighted by atomic mass is 127. The van der Waals surface area contributed by atoms with E-state index in [4.69, 9.17) is 0 Å². The monoisotopic (exact) mass is 497 g/mol. The predicted molar refractivity (Wildman–Crippen MR) is 123 cm³/mol. The number of halogens is 2. The minimum Gasteiger partial charge on any atom is -0.391 e. The topological polar surface area (TPSA) is 56.7 Å². The number of rotatable bonds is 8. The molecular formula is C22H29FIN3O. The van der Waals surface area contributed by atoms with E-state index >= 15 is 0 Å². The minimum atomic E-state index is -0.502. The highest BCUT2D eigenvalue weighted by Gasteiger charge is 2.45. The first-order valence-corrected chi connectivity index (χ1v) is 9.62. The van der Waals surface area contributed by atoms with Crippen molar-refractivity contribution in [2.45, 2.75) is 37.7 Å². The zero-order valence-electron chi connectivity index (χ0n) is 16.2. The molecule has 1 aliphatic rings. The largest absolute Gasteiger partial charge is 0.391 e. The molecule has 1 aliphatic carbocycles. The van der Waals surface area contributed by atoms with Crippen molar-refractivity contribution in [1.29, 1.82) is 0 Å². The van der Waals surface area contributed by atoms with Gasteiger partial charge in [0.05, 0.1) is 12.6 Å². The number of nitrogens with one attached hydrogen (secondary N) is 2. The van der Waals surface area contributed by atoms with Gasteiger partial charge in [-0.25, -0.2) is 4.39 Å². The molecule has 4 nitrogen and oxygen atoms in total. The molecule has 0 radical (unpaired) electrons. The molecule has 0 spiro atoms. The van der Waals surface area contributed by atoms with Gasteiger partial charge in [0, 0.05) is 24.9 Å². The van der Waals surface area contributed by atoms with Crippen LogP contribution in [-0.4, -0.2) is 36.8 Å². The third-order valence-corrected chi connectivity index (χ3v) is 5.00. The van der Waals surface area contributed by atoms with Gasteiger partial charge >= 0.3 is 0 Å². The normalized spacial score (nSPS) is 16.0. The van der Waals surface area contributed by atoms with Crippen molar-refractivity contribution >= 4 is 29.9 Å². The third kappa shape index (κ3) is 6.17. The molecule has 0 aromatic heterocycles. The maximum atomic E-state index is 14.1. The van der Waals surface area contributed by atoms with E-state index in [1.807, 2.05) is 49.4 Å². The Morgan fingerprint density at radius 1 is 1.11 bits per heavy atom. The summed E-state index contributed by atoms with van der Waals surface area (Å²) in [6.07, 6.45) is 1.99. The summed E-state index contributed by atoms with van der Waals surface area (Å²) in [5, 5.41) is 16.7. The Hall–Kier alpha value is -1.67. The second-order valence-corrected chi connectivity index (χ2v) is 7.18. The van der Waals surface area contributed by atoms with Crippen LogP contribution in [-0.2, 0) is 11.8 Å². The van der Waals surface area contributed by atoms with E-state index < -0.39 is 6.10 Å². The lowest BCUT2D eigenvalue weighted by atomic mass is 9.95. The van der Waals surface area contributed by atoms with E-state index in [2.05, 4.69) is 15.6 Å². The van der Waals surface area contributed by atoms with Crippen molar-refractivity contribution in [2.24, 2.45) is 4.99 Å². The van der Waals surface area contributed by atoms with Crippen LogP contribution < -0.4 is 10.6 Å². The highest BCUT2D eigenvalue weighted by molar-refractivity contribution is 14.0. The Balaban J connectivity index is 0.00000280. The van der Waals surface area contributed by atoms with Crippen molar-refractivity contribution in [3.8, 4) is 0 Å². The fourth-order valence-corrected chi connectivity index (χ4v) is 3.30. The Kier molecular flexibility index (Phi) is 8.69. The summed E-state index contributed by atoms with van der Waals surface area (Å²) < 4.78 is 14.1. The van der Waals surface area contributed by atoms with Gasteiger partial charge in [0.25, 0.3) is 0 Å². The van der Waals surface area contributed by atoms with Crippen molar-refractivity contribution in [3.63, 3.8) is 0 Å². The molecule has 0 bridgehead atoms. The van der Waals surface area contributed by atoms with Gasteiger partial charge in [-0.3, -0.25) is 4.99 Å². The lowest BCUT2D eigenvalue weighted by molar-refractivity contribution is 0.177. The number of hydrogen-bond donors (Lipinski definition) is 3. The zero-order valence-corrected chi connectivity index (χ0v) is 18.5. The number of nitrogens with zero attached hydrogens (tertiary/aromatic N) is 1. The maximum Gasteiger partial charge on any atom is 0.191 e. The van der Waals surface area contributed by atoms with Crippen LogP contribution in [0.2, 0.25) is 0 Å². The average Bonchev–Trinajstić information content (AvgIpc) is 3.46. The average molecular weight is 497 g/mol. The van der Waals surface area contributed by atoms with E-state index in [1.54, 1.807) is 6.07 Å². The molecule has 2 aromatic carbocycles. The molecule has 3 rings (SSSR count). The van der Waals surface area contributed by atoms with Crippen molar-refractivity contribution in [2.75, 3.05) is 19.6 Å². The summed E-state index contributed by atoms with van der Waals surface area (Å²) >= 11 is 0. The van der Waals surface area contributed by atoms with Gasteiger partial charge < -0.3 is 15.7 Å². The van der Waals surface area contributed by atoms with Crippen LogP contribution in [0.4, 0.5) is 4.39 Å². The van der Waals surface area contributed by atoms with E-state index in [9.17, 15) is 9.50 Å². The van der Waals surface area contributed by atoms with E-state index in [0.717, 1.165) is 30.5 Å². The smallest absolute Gasteiger partial charge is 0.191 e. The van der Waals surface area contributed by atoms with Crippen LogP contribution >= 0.6 is 24.0 Å². The fourth-order valence-electron chi connectivity index (χ4n) is 3.30.